The van der Waals surface area contributed by atoms with Crippen LogP contribution in [0.25, 0.3) is 0 Å². The van der Waals surface area contributed by atoms with Crippen LogP contribution in [0, 0.1) is 0 Å². The van der Waals surface area contributed by atoms with E-state index in [1.54, 1.807) is 37.4 Å². The lowest BCUT2D eigenvalue weighted by Crippen LogP contribution is -2.64. The number of carboxylic acids is 2. The minimum absolute atomic E-state index is 0.0103. The normalized spacial score (nSPS) is 18.3. The molecular formula is C50H81N13O19. The first-order valence-electron chi connectivity index (χ1n) is 26.6. The van der Waals surface area contributed by atoms with Gasteiger partial charge in [0.25, 0.3) is 0 Å². The van der Waals surface area contributed by atoms with Gasteiger partial charge in [0.1, 0.15) is 54.6 Å². The van der Waals surface area contributed by atoms with Crippen LogP contribution in [0.4, 0.5) is 0 Å². The number of unbranched alkanes of at least 4 members (excludes halogenated alkanes) is 2. The number of nitrogens with zero attached hydrogens (tertiary/aromatic N) is 1. The fourth-order valence-electron chi connectivity index (χ4n) is 7.97. The van der Waals surface area contributed by atoms with Crippen LogP contribution < -0.4 is 64.6 Å². The van der Waals surface area contributed by atoms with Crippen molar-refractivity contribution >= 4 is 71.1 Å². The Balaban J connectivity index is 2.20. The number of benzene rings is 1. The number of amides is 9. The van der Waals surface area contributed by atoms with Crippen LogP contribution >= 0.6 is 0 Å². The molecule has 1 aromatic carbocycles. The number of carboxylic acid groups (broad SMARTS) is 2. The molecule has 9 amide bonds. The summed E-state index contributed by atoms with van der Waals surface area (Å²) in [6.07, 6.45) is -4.57. The van der Waals surface area contributed by atoms with Gasteiger partial charge in [0.2, 0.25) is 53.2 Å². The summed E-state index contributed by atoms with van der Waals surface area (Å²) in [6.45, 7) is -1.45. The topological polar surface area (TPSA) is 512 Å². The molecule has 1 saturated heterocycles. The molecule has 2 rings (SSSR count). The fourth-order valence-corrected chi connectivity index (χ4v) is 7.97. The van der Waals surface area contributed by atoms with E-state index in [2.05, 4.69) is 52.8 Å². The van der Waals surface area contributed by atoms with Crippen molar-refractivity contribution in [3.8, 4) is 0 Å². The molecule has 0 aliphatic carbocycles. The minimum atomic E-state index is -1.84. The summed E-state index contributed by atoms with van der Waals surface area (Å²) in [7, 11) is 1.77. The van der Waals surface area contributed by atoms with Crippen molar-refractivity contribution in [3.05, 3.63) is 35.9 Å². The number of rotatable bonds is 40. The largest absolute Gasteiger partial charge is 0.481 e. The molecule has 1 aliphatic heterocycles. The number of guanidine groups is 1. The zero-order valence-electron chi connectivity index (χ0n) is 45.9. The summed E-state index contributed by atoms with van der Waals surface area (Å²) >= 11 is 0. The Morgan fingerprint density at radius 1 is 0.646 bits per heavy atom. The molecule has 1 heterocycles. The predicted octanol–water partition coefficient (Wildman–Crippen LogP) is -7.09. The van der Waals surface area contributed by atoms with Crippen molar-refractivity contribution in [2.75, 3.05) is 59.6 Å². The second-order valence-corrected chi connectivity index (χ2v) is 19.0. The highest BCUT2D eigenvalue weighted by atomic mass is 16.7. The number of ether oxygens (including phenoxy) is 2. The highest BCUT2D eigenvalue weighted by Crippen LogP contribution is 2.22. The van der Waals surface area contributed by atoms with E-state index in [4.69, 9.17) is 26.0 Å². The number of aliphatic hydroxyl groups excluding tert-OH is 4. The van der Waals surface area contributed by atoms with Crippen molar-refractivity contribution in [3.63, 3.8) is 0 Å². The molecule has 0 radical (unpaired) electrons. The summed E-state index contributed by atoms with van der Waals surface area (Å²) in [4.78, 5) is 144. The Morgan fingerprint density at radius 3 is 1.80 bits per heavy atom. The molecule has 20 N–H and O–H groups in total. The molecular weight excluding hydrogens is 1090 g/mol. The number of carbonyl (C=O) groups is 11. The summed E-state index contributed by atoms with van der Waals surface area (Å²) < 4.78 is 11.2. The van der Waals surface area contributed by atoms with Crippen molar-refractivity contribution in [2.45, 2.75) is 145 Å². The number of hydrogen-bond donors (Lipinski definition) is 18. The van der Waals surface area contributed by atoms with E-state index in [1.165, 1.54) is 6.92 Å². The molecule has 0 aromatic heterocycles. The molecule has 32 heteroatoms. The van der Waals surface area contributed by atoms with Gasteiger partial charge in [0, 0.05) is 39.3 Å². The lowest BCUT2D eigenvalue weighted by molar-refractivity contribution is -0.270. The van der Waals surface area contributed by atoms with Gasteiger partial charge < -0.3 is 105 Å². The van der Waals surface area contributed by atoms with E-state index < -0.39 is 153 Å². The van der Waals surface area contributed by atoms with Crippen molar-refractivity contribution in [2.24, 2.45) is 16.5 Å². The minimum Gasteiger partial charge on any atom is -0.481 e. The second-order valence-electron chi connectivity index (χ2n) is 19.0. The Bertz CT molecular complexity index is 2280. The first kappa shape index (κ1) is 70.5. The molecule has 0 saturated carbocycles. The van der Waals surface area contributed by atoms with Crippen LogP contribution in [0.1, 0.15) is 83.1 Å². The van der Waals surface area contributed by atoms with Gasteiger partial charge >= 0.3 is 11.9 Å². The number of aliphatic imine (C=N–C) groups is 1. The fraction of sp³-hybridized carbons (Fsp3) is 0.640. The molecule has 460 valence electrons. The molecule has 0 spiro atoms. The molecule has 1 aliphatic rings. The number of hydrogen-bond acceptors (Lipinski definition) is 19. The Labute approximate surface area is 472 Å². The van der Waals surface area contributed by atoms with Gasteiger partial charge in [-0.05, 0) is 70.5 Å². The highest BCUT2D eigenvalue weighted by molar-refractivity contribution is 5.96. The maximum Gasteiger partial charge on any atom is 0.328 e. The van der Waals surface area contributed by atoms with Crippen LogP contribution in [-0.2, 0) is 68.6 Å². The van der Waals surface area contributed by atoms with E-state index in [-0.39, 0.29) is 89.4 Å². The third-order valence-electron chi connectivity index (χ3n) is 12.2. The Morgan fingerprint density at radius 2 is 1.22 bits per heavy atom. The third kappa shape index (κ3) is 28.2. The van der Waals surface area contributed by atoms with Crippen molar-refractivity contribution in [1.29, 1.82) is 0 Å². The lowest BCUT2D eigenvalue weighted by Gasteiger charge is -2.42. The SMILES string of the molecule is CNCCCCC(=O)N[C@@H](Cc1ccccc1)C(=O)N[C@@H](CCCCNC(=O)CCCO[C@@H]1OC(CO)[C@H](O)[C@H](O)C1NC(C)=O)C(=O)NCC(=O)N[C@@H](CCCN=C(N)N)C(=O)NCC(=O)N[C@@H](CC(=O)O)C(=O)N[C@@H](CO)C(=O)O. The van der Waals surface area contributed by atoms with Gasteiger partial charge in [-0.2, -0.15) is 0 Å². The molecule has 32 nitrogen and oxygen atoms in total. The number of aliphatic carboxylic acids is 2. The van der Waals surface area contributed by atoms with Crippen LogP contribution in [0.15, 0.2) is 35.3 Å². The molecule has 82 heavy (non-hydrogen) atoms. The average molecular weight is 1170 g/mol. The lowest BCUT2D eigenvalue weighted by atomic mass is 9.97. The van der Waals surface area contributed by atoms with Gasteiger partial charge in [-0.3, -0.25) is 52.9 Å². The maximum absolute atomic E-state index is 14.1. The first-order valence-corrected chi connectivity index (χ1v) is 26.6. The van der Waals surface area contributed by atoms with Gasteiger partial charge in [-0.15, -0.1) is 0 Å². The summed E-state index contributed by atoms with van der Waals surface area (Å²) in [6, 6.07) is 0.0669. The third-order valence-corrected chi connectivity index (χ3v) is 12.2. The van der Waals surface area contributed by atoms with E-state index in [0.29, 0.717) is 24.9 Å². The van der Waals surface area contributed by atoms with E-state index in [9.17, 15) is 78.3 Å². The van der Waals surface area contributed by atoms with Crippen LogP contribution in [0.5, 0.6) is 0 Å². The van der Waals surface area contributed by atoms with Gasteiger partial charge in [0.15, 0.2) is 12.2 Å². The zero-order chi connectivity index (χ0) is 61.1. The van der Waals surface area contributed by atoms with E-state index in [0.717, 1.165) is 0 Å². The second kappa shape index (κ2) is 38.9. The molecule has 0 bridgehead atoms. The average Bonchev–Trinajstić information content (AvgIpc) is 3.53. The van der Waals surface area contributed by atoms with Gasteiger partial charge in [0.05, 0.1) is 39.3 Å². The number of aliphatic hydroxyl groups is 4. The highest BCUT2D eigenvalue weighted by Gasteiger charge is 2.45. The zero-order valence-corrected chi connectivity index (χ0v) is 45.9. The van der Waals surface area contributed by atoms with Crippen molar-refractivity contribution in [1.82, 2.24) is 53.2 Å². The van der Waals surface area contributed by atoms with Gasteiger partial charge in [-0.25, -0.2) is 4.79 Å². The summed E-state index contributed by atoms with van der Waals surface area (Å²) in [5.74, 6) is -10.6. The molecule has 1 aromatic rings. The van der Waals surface area contributed by atoms with E-state index >= 15 is 0 Å². The quantitative estimate of drug-likeness (QED) is 0.0165. The Kier molecular flexibility index (Phi) is 33.5. The maximum atomic E-state index is 14.1. The Hall–Kier alpha value is -7.62. The molecule has 2 unspecified atom stereocenters. The van der Waals surface area contributed by atoms with Crippen LogP contribution in [0.2, 0.25) is 0 Å². The summed E-state index contributed by atoms with van der Waals surface area (Å²) in [5, 5.41) is 82.7. The summed E-state index contributed by atoms with van der Waals surface area (Å²) in [5.41, 5.74) is 11.5. The number of nitrogens with one attached hydrogen (secondary N) is 10. The van der Waals surface area contributed by atoms with Crippen molar-refractivity contribution < 1.29 is 92.9 Å². The van der Waals surface area contributed by atoms with E-state index in [1.807, 2.05) is 5.32 Å². The predicted molar refractivity (Wildman–Crippen MR) is 288 cm³/mol. The van der Waals surface area contributed by atoms with Crippen LogP contribution in [-0.4, -0.2) is 222 Å². The first-order chi connectivity index (χ1) is 39.0. The molecule has 10 atom stereocenters. The van der Waals surface area contributed by atoms with Crippen LogP contribution in [0.3, 0.4) is 0 Å². The monoisotopic (exact) mass is 1170 g/mol. The van der Waals surface area contributed by atoms with Gasteiger partial charge in [-0.1, -0.05) is 30.3 Å². The number of carbonyl (C=O) groups excluding carboxylic acids is 9. The smallest absolute Gasteiger partial charge is 0.328 e. The molecule has 1 fully saturated rings. The number of nitrogens with two attached hydrogens (primary N) is 2. The standard InChI is InChI=1S/C50H81N13O19/c1-28(66)58-41-43(74)42(73)35(27-65)82-49(41)81-21-11-17-36(67)54-19-9-6-14-31(62-46(77)32(22-29-12-4-3-5-13-29)60-37(68)16-7-8-18-53-2)45(76)57-24-38(69)59-30(15-10-20-55-50(51)52)44(75)56-25-39(70)61-33(23-40(71)72)47(78)63-34(26-64)48(79)80/h3-5,12-13,30-35,41-43,49,53,64-65,73-74H,6-11,14-27H2,1-2H3,(H,54,67)(H,56,75)(H,57,76)(H,58,66)(H,59,69)(H,60,68)(H,61,70)(H,62,77)(H,63,78)(H,71,72)(H,79,80)(H4,51,52,55)/t30-,31-,32-,33-,34-,35?,41?,42-,43+,49+/m0/s1.